The second kappa shape index (κ2) is 6.86. The Labute approximate surface area is 162 Å². The maximum absolute atomic E-state index is 10.3. The molecule has 4 aromatic rings. The summed E-state index contributed by atoms with van der Waals surface area (Å²) in [5, 5.41) is 23.7. The fourth-order valence-electron chi connectivity index (χ4n) is 2.74. The summed E-state index contributed by atoms with van der Waals surface area (Å²) in [6.07, 6.45) is 1.60. The van der Waals surface area contributed by atoms with Crippen molar-refractivity contribution in [2.45, 2.75) is 0 Å². The quantitative estimate of drug-likeness (QED) is 0.354. The van der Waals surface area contributed by atoms with Crippen LogP contribution in [-0.2, 0) is 0 Å². The van der Waals surface area contributed by atoms with Crippen LogP contribution < -0.4 is 0 Å². The highest BCUT2D eigenvalue weighted by atomic mass is 79.9. The lowest BCUT2D eigenvalue weighted by atomic mass is 10.0. The molecule has 0 aliphatic carbocycles. The molecule has 4 rings (SSSR count). The van der Waals surface area contributed by atoms with Gasteiger partial charge in [-0.2, -0.15) is 14.9 Å². The lowest BCUT2D eigenvalue weighted by Crippen LogP contribution is -1.95. The molecule has 7 heteroatoms. The highest BCUT2D eigenvalue weighted by molar-refractivity contribution is 9.10. The zero-order valence-corrected chi connectivity index (χ0v) is 15.8. The predicted octanol–water partition coefficient (Wildman–Crippen LogP) is 5.11. The van der Waals surface area contributed by atoms with Gasteiger partial charge in [0.15, 0.2) is 5.82 Å². The number of aromatic nitrogens is 3. The molecule has 5 nitrogen and oxygen atoms in total. The molecule has 0 bridgehead atoms. The van der Waals surface area contributed by atoms with Crippen LogP contribution in [-0.4, -0.2) is 26.2 Å². The van der Waals surface area contributed by atoms with Crippen molar-refractivity contribution in [1.29, 1.82) is 0 Å². The second-order valence-electron chi connectivity index (χ2n) is 5.64. The summed E-state index contributed by atoms with van der Waals surface area (Å²) >= 11 is 8.76. The number of H-pyrrole nitrogens is 1. The van der Waals surface area contributed by atoms with Crippen LogP contribution in [0.2, 0.25) is 0 Å². The van der Waals surface area contributed by atoms with E-state index in [9.17, 15) is 5.11 Å². The molecule has 1 heterocycles. The Morgan fingerprint density at radius 2 is 1.92 bits per heavy atom. The third kappa shape index (κ3) is 3.07. The minimum atomic E-state index is 0.153. The Morgan fingerprint density at radius 3 is 2.73 bits per heavy atom. The normalized spacial score (nSPS) is 11.4. The van der Waals surface area contributed by atoms with Gasteiger partial charge in [0.1, 0.15) is 5.75 Å². The van der Waals surface area contributed by atoms with Crippen molar-refractivity contribution < 1.29 is 5.11 Å². The summed E-state index contributed by atoms with van der Waals surface area (Å²) in [4.78, 5) is 0. The molecule has 0 amide bonds. The van der Waals surface area contributed by atoms with E-state index < -0.39 is 0 Å². The van der Waals surface area contributed by atoms with Crippen molar-refractivity contribution in [1.82, 2.24) is 14.9 Å². The van der Waals surface area contributed by atoms with Gasteiger partial charge in [-0.25, -0.2) is 5.10 Å². The minimum absolute atomic E-state index is 0.153. The first-order valence-electron chi connectivity index (χ1n) is 7.82. The smallest absolute Gasteiger partial charge is 0.216 e. The lowest BCUT2D eigenvalue weighted by molar-refractivity contribution is 0.475. The summed E-state index contributed by atoms with van der Waals surface area (Å²) < 4.78 is 2.89. The van der Waals surface area contributed by atoms with E-state index in [4.69, 9.17) is 12.2 Å². The maximum atomic E-state index is 10.3. The fourth-order valence-corrected chi connectivity index (χ4v) is 3.30. The molecular weight excluding hydrogens is 412 g/mol. The number of aromatic hydroxyl groups is 1. The molecule has 26 heavy (non-hydrogen) atoms. The first-order chi connectivity index (χ1) is 12.6. The number of nitrogens with one attached hydrogen (secondary N) is 1. The van der Waals surface area contributed by atoms with Gasteiger partial charge >= 0.3 is 0 Å². The number of phenolic OH excluding ortho intramolecular Hbond substituents is 1. The molecule has 0 unspecified atom stereocenters. The van der Waals surface area contributed by atoms with Crippen LogP contribution in [0, 0.1) is 4.77 Å². The van der Waals surface area contributed by atoms with Gasteiger partial charge < -0.3 is 5.11 Å². The number of benzene rings is 3. The van der Waals surface area contributed by atoms with Crippen LogP contribution in [0.3, 0.4) is 0 Å². The van der Waals surface area contributed by atoms with Gasteiger partial charge in [0.2, 0.25) is 4.77 Å². The number of aromatic amines is 1. The Morgan fingerprint density at radius 1 is 1.12 bits per heavy atom. The third-order valence-electron chi connectivity index (χ3n) is 3.99. The Bertz CT molecular complexity index is 1180. The molecule has 0 saturated heterocycles. The van der Waals surface area contributed by atoms with E-state index >= 15 is 0 Å². The van der Waals surface area contributed by atoms with Crippen molar-refractivity contribution in [3.63, 3.8) is 0 Å². The van der Waals surface area contributed by atoms with Crippen molar-refractivity contribution in [3.05, 3.63) is 75.5 Å². The third-order valence-corrected chi connectivity index (χ3v) is 4.74. The molecule has 128 valence electrons. The van der Waals surface area contributed by atoms with E-state index in [1.54, 1.807) is 17.0 Å². The molecule has 1 aromatic heterocycles. The first-order valence-corrected chi connectivity index (χ1v) is 9.02. The number of nitrogens with zero attached hydrogens (tertiary/aromatic N) is 3. The van der Waals surface area contributed by atoms with Gasteiger partial charge in [-0.1, -0.05) is 58.4 Å². The monoisotopic (exact) mass is 424 g/mol. The number of hydrogen-bond donors (Lipinski definition) is 2. The van der Waals surface area contributed by atoms with Gasteiger partial charge in [-0.15, -0.1) is 0 Å². The van der Waals surface area contributed by atoms with E-state index in [0.717, 1.165) is 20.8 Å². The molecular formula is C19H13BrN4OS. The van der Waals surface area contributed by atoms with Crippen LogP contribution in [0.4, 0.5) is 0 Å². The van der Waals surface area contributed by atoms with Gasteiger partial charge in [-0.3, -0.25) is 0 Å². The van der Waals surface area contributed by atoms with Gasteiger partial charge in [0, 0.05) is 15.6 Å². The Balaban J connectivity index is 1.84. The summed E-state index contributed by atoms with van der Waals surface area (Å²) in [6.45, 7) is 0. The van der Waals surface area contributed by atoms with E-state index in [1.807, 2.05) is 54.6 Å². The zero-order valence-electron chi connectivity index (χ0n) is 13.4. The zero-order chi connectivity index (χ0) is 18.1. The van der Waals surface area contributed by atoms with Crippen molar-refractivity contribution >= 4 is 45.1 Å². The molecule has 2 N–H and O–H groups in total. The second-order valence-corrected chi connectivity index (χ2v) is 6.94. The van der Waals surface area contributed by atoms with Crippen LogP contribution in [0.1, 0.15) is 5.56 Å². The topological polar surface area (TPSA) is 66.2 Å². The summed E-state index contributed by atoms with van der Waals surface area (Å²) in [5.41, 5.74) is 1.51. The Hall–Kier alpha value is -2.77. The van der Waals surface area contributed by atoms with Gasteiger partial charge in [0.25, 0.3) is 0 Å². The van der Waals surface area contributed by atoms with E-state index in [0.29, 0.717) is 16.2 Å². The van der Waals surface area contributed by atoms with E-state index in [2.05, 4.69) is 31.2 Å². The van der Waals surface area contributed by atoms with Crippen molar-refractivity contribution in [3.8, 4) is 17.1 Å². The number of fused-ring (bicyclic) bond motifs is 1. The van der Waals surface area contributed by atoms with Crippen LogP contribution in [0.15, 0.2) is 70.2 Å². The molecule has 3 aromatic carbocycles. The number of rotatable bonds is 3. The molecule has 0 saturated carbocycles. The predicted molar refractivity (Wildman–Crippen MR) is 109 cm³/mol. The maximum Gasteiger partial charge on any atom is 0.216 e. The number of halogens is 1. The number of phenols is 1. The standard InChI is InChI=1S/C19H13BrN4OS/c20-14-7-8-15-13(10-14)6-9-17(25)16(15)11-21-24-18(22-23-19(24)26)12-4-2-1-3-5-12/h1-11,25H,(H,23,26)/b21-11-. The lowest BCUT2D eigenvalue weighted by Gasteiger charge is -2.06. The van der Waals surface area contributed by atoms with Crippen LogP contribution in [0.25, 0.3) is 22.2 Å². The molecule has 0 aliphatic heterocycles. The first kappa shape index (κ1) is 16.7. The molecule has 0 aliphatic rings. The van der Waals surface area contributed by atoms with Crippen molar-refractivity contribution in [2.75, 3.05) is 0 Å². The number of hydrogen-bond acceptors (Lipinski definition) is 4. The highest BCUT2D eigenvalue weighted by Crippen LogP contribution is 2.28. The molecule has 0 radical (unpaired) electrons. The van der Waals surface area contributed by atoms with E-state index in [1.165, 1.54) is 0 Å². The van der Waals surface area contributed by atoms with Gasteiger partial charge in [-0.05, 0) is 41.2 Å². The summed E-state index contributed by atoms with van der Waals surface area (Å²) in [5.74, 6) is 0.758. The molecule has 0 atom stereocenters. The summed E-state index contributed by atoms with van der Waals surface area (Å²) in [6, 6.07) is 19.0. The average molecular weight is 425 g/mol. The fraction of sp³-hybridized carbons (Fsp3) is 0. The minimum Gasteiger partial charge on any atom is -0.507 e. The van der Waals surface area contributed by atoms with Gasteiger partial charge in [0.05, 0.1) is 6.21 Å². The SMILES string of the molecule is Oc1ccc2cc(Br)ccc2c1/C=N\n1c(-c2ccccc2)n[nH]c1=S. The molecule has 0 fully saturated rings. The summed E-state index contributed by atoms with van der Waals surface area (Å²) in [7, 11) is 0. The van der Waals surface area contributed by atoms with Crippen LogP contribution >= 0.6 is 28.1 Å². The largest absolute Gasteiger partial charge is 0.507 e. The Kier molecular flexibility index (Phi) is 4.40. The molecule has 0 spiro atoms. The van der Waals surface area contributed by atoms with Crippen LogP contribution in [0.5, 0.6) is 5.75 Å². The highest BCUT2D eigenvalue weighted by Gasteiger charge is 2.09. The van der Waals surface area contributed by atoms with Crippen molar-refractivity contribution in [2.24, 2.45) is 5.10 Å². The van der Waals surface area contributed by atoms with E-state index in [-0.39, 0.29) is 5.75 Å². The average Bonchev–Trinajstić information content (AvgIpc) is 3.02.